The molecule has 1 aliphatic rings. The summed E-state index contributed by atoms with van der Waals surface area (Å²) < 4.78 is 44.0. The smallest absolute Gasteiger partial charge is 0.416 e. The maximum absolute atomic E-state index is 12.8. The number of ether oxygens (including phenoxy) is 1. The number of carbonyl (C=O) groups is 1. The van der Waals surface area contributed by atoms with Crippen LogP contribution in [-0.4, -0.2) is 18.1 Å². The molecule has 1 aromatic rings. The number of halogens is 4. The third-order valence-electron chi connectivity index (χ3n) is 5.57. The number of nitrogens with two attached hydrogens (primary N) is 1. The van der Waals surface area contributed by atoms with Crippen molar-refractivity contribution in [3.8, 4) is 0 Å². The standard InChI is InChI=1S/C21H30F3NO2.ClH/c1-3-4-7-18-14(2)27-20(26)19(25)8-5-6-16(18)13-15-9-11-17(12-10-15)21(22,23)24;/h9-12,14,16,18-19H,3-8,13,25H2,1-2H3;1H/t14-,16+,18-,19-;/m0./s1. The Bertz CT molecular complexity index is 607. The van der Waals surface area contributed by atoms with Crippen molar-refractivity contribution < 1.29 is 22.7 Å². The Balaban J connectivity index is 0.00000392. The van der Waals surface area contributed by atoms with Gasteiger partial charge in [-0.3, -0.25) is 4.79 Å². The highest BCUT2D eigenvalue weighted by Crippen LogP contribution is 2.34. The maximum Gasteiger partial charge on any atom is 0.416 e. The molecule has 2 N–H and O–H groups in total. The molecule has 0 bridgehead atoms. The minimum Gasteiger partial charge on any atom is -0.461 e. The second kappa shape index (κ2) is 11.1. The summed E-state index contributed by atoms with van der Waals surface area (Å²) in [5.74, 6) is 0.0852. The Morgan fingerprint density at radius 3 is 2.39 bits per heavy atom. The Morgan fingerprint density at radius 2 is 1.82 bits per heavy atom. The van der Waals surface area contributed by atoms with Gasteiger partial charge in [0.15, 0.2) is 0 Å². The van der Waals surface area contributed by atoms with Crippen LogP contribution in [0.1, 0.15) is 63.5 Å². The van der Waals surface area contributed by atoms with Crippen molar-refractivity contribution in [3.05, 3.63) is 35.4 Å². The third-order valence-corrected chi connectivity index (χ3v) is 5.57. The number of hydrogen-bond acceptors (Lipinski definition) is 3. The van der Waals surface area contributed by atoms with E-state index in [4.69, 9.17) is 10.5 Å². The van der Waals surface area contributed by atoms with Gasteiger partial charge in [-0.2, -0.15) is 13.2 Å². The fourth-order valence-electron chi connectivity index (χ4n) is 3.97. The average Bonchev–Trinajstić information content (AvgIpc) is 2.64. The molecule has 0 aliphatic carbocycles. The zero-order valence-electron chi connectivity index (χ0n) is 16.5. The molecular formula is C21H31ClF3NO2. The Hall–Kier alpha value is -1.27. The Labute approximate surface area is 171 Å². The van der Waals surface area contributed by atoms with Gasteiger partial charge in [-0.25, -0.2) is 0 Å². The normalized spacial score (nSPS) is 26.4. The molecule has 1 heterocycles. The second-order valence-corrected chi connectivity index (χ2v) is 7.64. The molecule has 0 amide bonds. The number of alkyl halides is 3. The van der Waals surface area contributed by atoms with Gasteiger partial charge in [0.05, 0.1) is 5.56 Å². The van der Waals surface area contributed by atoms with Crippen LogP contribution >= 0.6 is 12.4 Å². The third kappa shape index (κ3) is 6.96. The number of cyclic esters (lactones) is 1. The van der Waals surface area contributed by atoms with E-state index in [-0.39, 0.29) is 36.3 Å². The minimum absolute atomic E-state index is 0. The summed E-state index contributed by atoms with van der Waals surface area (Å²) in [5, 5.41) is 0. The van der Waals surface area contributed by atoms with Gasteiger partial charge < -0.3 is 10.5 Å². The van der Waals surface area contributed by atoms with Crippen molar-refractivity contribution in [1.29, 1.82) is 0 Å². The molecule has 1 saturated heterocycles. The van der Waals surface area contributed by atoms with Crippen molar-refractivity contribution in [2.24, 2.45) is 17.6 Å². The van der Waals surface area contributed by atoms with Crippen LogP contribution in [0.3, 0.4) is 0 Å². The Kier molecular flexibility index (Phi) is 9.78. The molecular weight excluding hydrogens is 391 g/mol. The average molecular weight is 422 g/mol. The van der Waals surface area contributed by atoms with E-state index in [1.807, 2.05) is 6.92 Å². The van der Waals surface area contributed by atoms with Gasteiger partial charge in [-0.15, -0.1) is 12.4 Å². The van der Waals surface area contributed by atoms with Gasteiger partial charge in [0, 0.05) is 0 Å². The molecule has 0 spiro atoms. The molecule has 1 aromatic carbocycles. The van der Waals surface area contributed by atoms with Gasteiger partial charge in [0.1, 0.15) is 12.1 Å². The van der Waals surface area contributed by atoms with Crippen LogP contribution in [0.15, 0.2) is 24.3 Å². The van der Waals surface area contributed by atoms with Gasteiger partial charge in [-0.1, -0.05) is 38.3 Å². The van der Waals surface area contributed by atoms with Gasteiger partial charge >= 0.3 is 12.1 Å². The fraction of sp³-hybridized carbons (Fsp3) is 0.667. The largest absolute Gasteiger partial charge is 0.461 e. The predicted molar refractivity (Wildman–Crippen MR) is 106 cm³/mol. The molecule has 3 nitrogen and oxygen atoms in total. The summed E-state index contributed by atoms with van der Waals surface area (Å²) in [6.45, 7) is 4.03. The van der Waals surface area contributed by atoms with Crippen molar-refractivity contribution >= 4 is 18.4 Å². The molecule has 1 fully saturated rings. The van der Waals surface area contributed by atoms with Crippen LogP contribution in [-0.2, 0) is 22.1 Å². The van der Waals surface area contributed by atoms with E-state index in [1.54, 1.807) is 12.1 Å². The van der Waals surface area contributed by atoms with E-state index in [2.05, 4.69) is 6.92 Å². The zero-order valence-corrected chi connectivity index (χ0v) is 17.3. The molecule has 2 rings (SSSR count). The molecule has 1 aliphatic heterocycles. The molecule has 0 radical (unpaired) electrons. The molecule has 4 atom stereocenters. The van der Waals surface area contributed by atoms with E-state index < -0.39 is 17.8 Å². The highest BCUT2D eigenvalue weighted by atomic mass is 35.5. The van der Waals surface area contributed by atoms with E-state index >= 15 is 0 Å². The summed E-state index contributed by atoms with van der Waals surface area (Å²) in [6, 6.07) is 4.82. The summed E-state index contributed by atoms with van der Waals surface area (Å²) in [6.07, 6.45) is 1.42. The highest BCUT2D eigenvalue weighted by Gasteiger charge is 2.33. The number of esters is 1. The van der Waals surface area contributed by atoms with E-state index in [0.717, 1.165) is 49.8 Å². The fourth-order valence-corrected chi connectivity index (χ4v) is 3.97. The van der Waals surface area contributed by atoms with Crippen LogP contribution in [0.25, 0.3) is 0 Å². The zero-order chi connectivity index (χ0) is 20.0. The van der Waals surface area contributed by atoms with Gasteiger partial charge in [-0.05, 0) is 62.1 Å². The Morgan fingerprint density at radius 1 is 1.18 bits per heavy atom. The number of hydrogen-bond donors (Lipinski definition) is 1. The van der Waals surface area contributed by atoms with E-state index in [9.17, 15) is 18.0 Å². The number of unbranched alkanes of at least 4 members (excludes halogenated alkanes) is 1. The van der Waals surface area contributed by atoms with E-state index in [0.29, 0.717) is 12.8 Å². The first-order valence-corrected chi connectivity index (χ1v) is 9.84. The van der Waals surface area contributed by atoms with E-state index in [1.165, 1.54) is 0 Å². The van der Waals surface area contributed by atoms with Crippen LogP contribution in [0.4, 0.5) is 13.2 Å². The van der Waals surface area contributed by atoms with Crippen molar-refractivity contribution in [2.45, 2.75) is 77.1 Å². The summed E-state index contributed by atoms with van der Waals surface area (Å²) in [7, 11) is 0. The lowest BCUT2D eigenvalue weighted by molar-refractivity contribution is -0.153. The number of rotatable bonds is 5. The monoisotopic (exact) mass is 421 g/mol. The molecule has 160 valence electrons. The quantitative estimate of drug-likeness (QED) is 0.635. The van der Waals surface area contributed by atoms with Crippen LogP contribution in [0.5, 0.6) is 0 Å². The predicted octanol–water partition coefficient (Wildman–Crippen LogP) is 5.54. The molecule has 28 heavy (non-hydrogen) atoms. The minimum atomic E-state index is -4.32. The van der Waals surface area contributed by atoms with Gasteiger partial charge in [0.25, 0.3) is 0 Å². The summed E-state index contributed by atoms with van der Waals surface area (Å²) >= 11 is 0. The molecule has 0 saturated carbocycles. The maximum atomic E-state index is 12.8. The number of carbonyl (C=O) groups excluding carboxylic acids is 1. The molecule has 0 unspecified atom stereocenters. The first-order chi connectivity index (χ1) is 12.7. The summed E-state index contributed by atoms with van der Waals surface area (Å²) in [4.78, 5) is 12.1. The van der Waals surface area contributed by atoms with Gasteiger partial charge in [0.2, 0.25) is 0 Å². The van der Waals surface area contributed by atoms with Crippen molar-refractivity contribution in [3.63, 3.8) is 0 Å². The van der Waals surface area contributed by atoms with Crippen LogP contribution in [0, 0.1) is 11.8 Å². The lowest BCUT2D eigenvalue weighted by atomic mass is 9.78. The lowest BCUT2D eigenvalue weighted by Crippen LogP contribution is -2.36. The molecule has 7 heteroatoms. The number of benzene rings is 1. The van der Waals surface area contributed by atoms with Crippen LogP contribution in [0.2, 0.25) is 0 Å². The topological polar surface area (TPSA) is 52.3 Å². The van der Waals surface area contributed by atoms with Crippen molar-refractivity contribution in [1.82, 2.24) is 0 Å². The highest BCUT2D eigenvalue weighted by molar-refractivity contribution is 5.85. The lowest BCUT2D eigenvalue weighted by Gasteiger charge is -2.31. The van der Waals surface area contributed by atoms with Crippen LogP contribution < -0.4 is 5.73 Å². The first-order valence-electron chi connectivity index (χ1n) is 9.84. The SMILES string of the molecule is CCCC[C@@H]1[C@@H](Cc2ccc(C(F)(F)F)cc2)CCC[C@H](N)C(=O)O[C@H]1C.Cl. The van der Waals surface area contributed by atoms with Crippen molar-refractivity contribution in [2.75, 3.05) is 0 Å². The summed E-state index contributed by atoms with van der Waals surface area (Å²) in [5.41, 5.74) is 6.16. The molecule has 0 aromatic heterocycles. The second-order valence-electron chi connectivity index (χ2n) is 7.64. The first kappa shape index (κ1) is 24.8.